The number of aromatic carboxylic acids is 1. The van der Waals surface area contributed by atoms with Gasteiger partial charge in [-0.15, -0.1) is 0 Å². The molecular weight excluding hydrogens is 222 g/mol. The lowest BCUT2D eigenvalue weighted by atomic mass is 9.93. The first kappa shape index (κ1) is 11.4. The Morgan fingerprint density at radius 1 is 1.41 bits per heavy atom. The predicted molar refractivity (Wildman–Crippen MR) is 61.0 cm³/mol. The minimum Gasteiger partial charge on any atom is -0.478 e. The monoisotopic (exact) mass is 235 g/mol. The molecule has 0 radical (unpaired) electrons. The molecule has 17 heavy (non-hydrogen) atoms. The van der Waals surface area contributed by atoms with Crippen molar-refractivity contribution >= 4 is 17.8 Å². The Morgan fingerprint density at radius 3 is 2.76 bits per heavy atom. The highest BCUT2D eigenvalue weighted by Gasteiger charge is 2.19. The van der Waals surface area contributed by atoms with E-state index in [9.17, 15) is 9.59 Å². The van der Waals surface area contributed by atoms with Gasteiger partial charge in [-0.25, -0.2) is 14.6 Å². The number of carboxylic acids is 1. The second-order valence-electron chi connectivity index (χ2n) is 3.96. The molecule has 0 atom stereocenters. The molecule has 0 aliphatic heterocycles. The van der Waals surface area contributed by atoms with Crippen molar-refractivity contribution in [2.45, 2.75) is 25.3 Å². The minimum atomic E-state index is -1.05. The van der Waals surface area contributed by atoms with E-state index in [0.29, 0.717) is 0 Å². The van der Waals surface area contributed by atoms with Gasteiger partial charge in [0.25, 0.3) is 0 Å². The molecule has 6 heteroatoms. The number of pyridine rings is 1. The van der Waals surface area contributed by atoms with Gasteiger partial charge in [0.1, 0.15) is 5.82 Å². The molecule has 0 aromatic carbocycles. The molecule has 90 valence electrons. The number of rotatable bonds is 3. The van der Waals surface area contributed by atoms with E-state index in [1.54, 1.807) is 0 Å². The van der Waals surface area contributed by atoms with Gasteiger partial charge in [0.2, 0.25) is 0 Å². The molecule has 1 saturated carbocycles. The zero-order chi connectivity index (χ0) is 12.3. The van der Waals surface area contributed by atoms with Crippen LogP contribution in [0.5, 0.6) is 0 Å². The number of amides is 2. The number of urea groups is 1. The van der Waals surface area contributed by atoms with Crippen LogP contribution in [0.1, 0.15) is 29.6 Å². The van der Waals surface area contributed by atoms with Crippen LogP contribution >= 0.6 is 0 Å². The third-order valence-electron chi connectivity index (χ3n) is 2.69. The second kappa shape index (κ2) is 4.82. The number of carboxylic acid groups (broad SMARTS) is 1. The van der Waals surface area contributed by atoms with Gasteiger partial charge in [0.05, 0.1) is 5.56 Å². The molecule has 0 bridgehead atoms. The van der Waals surface area contributed by atoms with Crippen molar-refractivity contribution in [3.8, 4) is 0 Å². The zero-order valence-electron chi connectivity index (χ0n) is 9.14. The van der Waals surface area contributed by atoms with Gasteiger partial charge in [-0.3, -0.25) is 5.32 Å². The summed E-state index contributed by atoms with van der Waals surface area (Å²) in [7, 11) is 0. The fourth-order valence-electron chi connectivity index (χ4n) is 1.52. The topological polar surface area (TPSA) is 91.3 Å². The molecule has 0 spiro atoms. The van der Waals surface area contributed by atoms with Gasteiger partial charge in [-0.2, -0.15) is 0 Å². The maximum absolute atomic E-state index is 11.5. The fraction of sp³-hybridized carbons (Fsp3) is 0.364. The van der Waals surface area contributed by atoms with Crippen LogP contribution in [0.25, 0.3) is 0 Å². The van der Waals surface area contributed by atoms with Crippen molar-refractivity contribution in [3.63, 3.8) is 0 Å². The molecule has 1 aromatic heterocycles. The number of nitrogens with zero attached hydrogens (tertiary/aromatic N) is 1. The van der Waals surface area contributed by atoms with Crippen LogP contribution in [-0.4, -0.2) is 28.1 Å². The van der Waals surface area contributed by atoms with E-state index in [4.69, 9.17) is 5.11 Å². The summed E-state index contributed by atoms with van der Waals surface area (Å²) < 4.78 is 0. The molecule has 2 rings (SSSR count). The highest BCUT2D eigenvalue weighted by Crippen LogP contribution is 2.18. The smallest absolute Gasteiger partial charge is 0.335 e. The molecule has 1 heterocycles. The van der Waals surface area contributed by atoms with Crippen molar-refractivity contribution < 1.29 is 14.7 Å². The van der Waals surface area contributed by atoms with Crippen molar-refractivity contribution in [3.05, 3.63) is 23.9 Å². The van der Waals surface area contributed by atoms with Crippen LogP contribution in [0.3, 0.4) is 0 Å². The number of hydrogen-bond acceptors (Lipinski definition) is 3. The summed E-state index contributed by atoms with van der Waals surface area (Å²) in [5.74, 6) is -0.809. The van der Waals surface area contributed by atoms with E-state index < -0.39 is 5.97 Å². The van der Waals surface area contributed by atoms with E-state index in [1.165, 1.54) is 18.3 Å². The quantitative estimate of drug-likeness (QED) is 0.739. The number of anilines is 1. The lowest BCUT2D eigenvalue weighted by molar-refractivity contribution is 0.0696. The van der Waals surface area contributed by atoms with E-state index >= 15 is 0 Å². The van der Waals surface area contributed by atoms with Gasteiger partial charge < -0.3 is 10.4 Å². The summed E-state index contributed by atoms with van der Waals surface area (Å²) in [4.78, 5) is 26.1. The maximum Gasteiger partial charge on any atom is 0.335 e. The molecule has 3 N–H and O–H groups in total. The summed E-state index contributed by atoms with van der Waals surface area (Å²) in [6.07, 6.45) is 4.48. The van der Waals surface area contributed by atoms with Crippen LogP contribution < -0.4 is 10.6 Å². The van der Waals surface area contributed by atoms with Crippen molar-refractivity contribution in [2.75, 3.05) is 5.32 Å². The lowest BCUT2D eigenvalue weighted by Gasteiger charge is -2.26. The van der Waals surface area contributed by atoms with E-state index in [-0.39, 0.29) is 23.5 Å². The Balaban J connectivity index is 1.95. The standard InChI is InChI=1S/C11H13N3O3/c15-10(16)7-4-5-12-9(6-7)14-11(17)13-8-2-1-3-8/h4-6,8H,1-3H2,(H,15,16)(H2,12,13,14,17). The van der Waals surface area contributed by atoms with Crippen LogP contribution in [0.2, 0.25) is 0 Å². The molecule has 0 saturated heterocycles. The van der Waals surface area contributed by atoms with Crippen LogP contribution in [0.4, 0.5) is 10.6 Å². The highest BCUT2D eigenvalue weighted by molar-refractivity contribution is 5.92. The average Bonchev–Trinajstić information content (AvgIpc) is 2.24. The van der Waals surface area contributed by atoms with Crippen LogP contribution in [-0.2, 0) is 0 Å². The first-order chi connectivity index (χ1) is 8.15. The molecule has 1 aliphatic rings. The first-order valence-electron chi connectivity index (χ1n) is 5.42. The van der Waals surface area contributed by atoms with Gasteiger partial charge in [-0.1, -0.05) is 0 Å². The van der Waals surface area contributed by atoms with E-state index in [1.807, 2.05) is 0 Å². The maximum atomic E-state index is 11.5. The number of carbonyl (C=O) groups is 2. The fourth-order valence-corrected chi connectivity index (χ4v) is 1.52. The number of aromatic nitrogens is 1. The third kappa shape index (κ3) is 2.93. The average molecular weight is 235 g/mol. The summed E-state index contributed by atoms with van der Waals surface area (Å²) in [6.45, 7) is 0. The Bertz CT molecular complexity index is 443. The van der Waals surface area contributed by atoms with Gasteiger partial charge in [0.15, 0.2) is 0 Å². The Labute approximate surface area is 98.1 Å². The highest BCUT2D eigenvalue weighted by atomic mass is 16.4. The zero-order valence-corrected chi connectivity index (χ0v) is 9.14. The normalized spacial score (nSPS) is 14.8. The van der Waals surface area contributed by atoms with Gasteiger partial charge in [-0.05, 0) is 31.4 Å². The Kier molecular flexibility index (Phi) is 3.22. The predicted octanol–water partition coefficient (Wildman–Crippen LogP) is 1.45. The summed E-state index contributed by atoms with van der Waals surface area (Å²) in [5.41, 5.74) is 0.0962. The largest absolute Gasteiger partial charge is 0.478 e. The molecule has 1 aromatic rings. The van der Waals surface area contributed by atoms with Gasteiger partial charge in [0, 0.05) is 12.2 Å². The SMILES string of the molecule is O=C(Nc1cc(C(=O)O)ccn1)NC1CCC1. The molecule has 1 aliphatic carbocycles. The van der Waals surface area contributed by atoms with Crippen molar-refractivity contribution in [1.82, 2.24) is 10.3 Å². The third-order valence-corrected chi connectivity index (χ3v) is 2.69. The summed E-state index contributed by atoms with van der Waals surface area (Å²) in [5, 5.41) is 14.1. The number of nitrogens with one attached hydrogen (secondary N) is 2. The molecule has 6 nitrogen and oxygen atoms in total. The lowest BCUT2D eigenvalue weighted by Crippen LogP contribution is -2.42. The van der Waals surface area contributed by atoms with E-state index in [0.717, 1.165) is 19.3 Å². The van der Waals surface area contributed by atoms with Crippen LogP contribution in [0, 0.1) is 0 Å². The molecule has 2 amide bonds. The molecule has 0 unspecified atom stereocenters. The summed E-state index contributed by atoms with van der Waals surface area (Å²) in [6, 6.07) is 2.59. The molecular formula is C11H13N3O3. The second-order valence-corrected chi connectivity index (χ2v) is 3.96. The number of hydrogen-bond donors (Lipinski definition) is 3. The first-order valence-corrected chi connectivity index (χ1v) is 5.42. The minimum absolute atomic E-state index is 0.0962. The van der Waals surface area contributed by atoms with Crippen molar-refractivity contribution in [2.24, 2.45) is 0 Å². The summed E-state index contributed by atoms with van der Waals surface area (Å²) >= 11 is 0. The molecule has 1 fully saturated rings. The number of carbonyl (C=O) groups excluding carboxylic acids is 1. The Hall–Kier alpha value is -2.11. The van der Waals surface area contributed by atoms with E-state index in [2.05, 4.69) is 15.6 Å². The Morgan fingerprint density at radius 2 is 2.18 bits per heavy atom. The van der Waals surface area contributed by atoms with Crippen LogP contribution in [0.15, 0.2) is 18.3 Å². The van der Waals surface area contributed by atoms with Crippen molar-refractivity contribution in [1.29, 1.82) is 0 Å². The van der Waals surface area contributed by atoms with Gasteiger partial charge >= 0.3 is 12.0 Å².